The number of piperidine rings is 1. The van der Waals surface area contributed by atoms with Crippen LogP contribution in [0.25, 0.3) is 10.9 Å². The normalized spacial score (nSPS) is 19.0. The summed E-state index contributed by atoms with van der Waals surface area (Å²) in [6, 6.07) is 0.895. The van der Waals surface area contributed by atoms with E-state index in [0.29, 0.717) is 24.7 Å². The highest BCUT2D eigenvalue weighted by Crippen LogP contribution is 2.36. The van der Waals surface area contributed by atoms with Crippen LogP contribution in [0.4, 0.5) is 18.9 Å². The van der Waals surface area contributed by atoms with Gasteiger partial charge in [0.2, 0.25) is 10.0 Å². The molecule has 0 atom stereocenters. The van der Waals surface area contributed by atoms with E-state index in [4.69, 9.17) is 0 Å². The average molecular weight is 471 g/mol. The Morgan fingerprint density at radius 3 is 2.25 bits per heavy atom. The Kier molecular flexibility index (Phi) is 6.06. The summed E-state index contributed by atoms with van der Waals surface area (Å²) in [5, 5.41) is 0.0524. The van der Waals surface area contributed by atoms with Crippen LogP contribution in [0.5, 0.6) is 0 Å². The Morgan fingerprint density at radius 1 is 1.03 bits per heavy atom. The molecule has 0 radical (unpaired) electrons. The van der Waals surface area contributed by atoms with Gasteiger partial charge in [0.05, 0.1) is 17.5 Å². The van der Waals surface area contributed by atoms with Crippen molar-refractivity contribution in [3.8, 4) is 0 Å². The molecule has 1 aromatic carbocycles. The number of rotatable bonds is 3. The van der Waals surface area contributed by atoms with Gasteiger partial charge in [-0.3, -0.25) is 9.78 Å². The Hall–Kier alpha value is -2.40. The van der Waals surface area contributed by atoms with E-state index in [9.17, 15) is 26.4 Å². The van der Waals surface area contributed by atoms with Gasteiger partial charge in [-0.25, -0.2) is 21.6 Å². The van der Waals surface area contributed by atoms with Crippen molar-refractivity contribution in [1.29, 1.82) is 0 Å². The van der Waals surface area contributed by atoms with Gasteiger partial charge in [0.1, 0.15) is 5.52 Å². The number of halogens is 3. The lowest BCUT2D eigenvalue weighted by atomic mass is 9.97. The van der Waals surface area contributed by atoms with Crippen LogP contribution in [0.2, 0.25) is 0 Å². The van der Waals surface area contributed by atoms with Gasteiger partial charge >= 0.3 is 0 Å². The van der Waals surface area contributed by atoms with Crippen LogP contribution >= 0.6 is 0 Å². The summed E-state index contributed by atoms with van der Waals surface area (Å²) in [5.74, 6) is -4.24. The molecule has 0 unspecified atom stereocenters. The summed E-state index contributed by atoms with van der Waals surface area (Å²) in [5.41, 5.74) is 0.191. The predicted octanol–water partition coefficient (Wildman–Crippen LogP) is 2.61. The van der Waals surface area contributed by atoms with Gasteiger partial charge in [0.15, 0.2) is 17.5 Å². The number of sulfonamides is 1. The Morgan fingerprint density at radius 2 is 1.66 bits per heavy atom. The number of carbonyl (C=O) groups is 1. The fourth-order valence-corrected chi connectivity index (χ4v) is 5.18. The molecule has 0 bridgehead atoms. The first-order valence-electron chi connectivity index (χ1n) is 10.5. The van der Waals surface area contributed by atoms with E-state index in [2.05, 4.69) is 11.9 Å². The van der Waals surface area contributed by atoms with E-state index in [1.165, 1.54) is 15.4 Å². The maximum atomic E-state index is 14.5. The smallest absolute Gasteiger partial charge is 0.257 e. The van der Waals surface area contributed by atoms with Crippen LogP contribution in [-0.4, -0.2) is 74.0 Å². The number of hydrogen-bond acceptors (Lipinski definition) is 5. The van der Waals surface area contributed by atoms with Crippen LogP contribution < -0.4 is 4.90 Å². The first-order valence-corrected chi connectivity index (χ1v) is 12.4. The van der Waals surface area contributed by atoms with Crippen molar-refractivity contribution in [2.45, 2.75) is 19.8 Å². The van der Waals surface area contributed by atoms with Crippen LogP contribution in [0.3, 0.4) is 0 Å². The monoisotopic (exact) mass is 470 g/mol. The van der Waals surface area contributed by atoms with Gasteiger partial charge in [0.25, 0.3) is 5.91 Å². The molecule has 1 aromatic heterocycles. The first kappa shape index (κ1) is 22.8. The topological polar surface area (TPSA) is 73.8 Å². The molecule has 0 N–H and O–H groups in total. The average Bonchev–Trinajstić information content (AvgIpc) is 2.76. The van der Waals surface area contributed by atoms with Crippen LogP contribution in [-0.2, 0) is 10.0 Å². The van der Waals surface area contributed by atoms with Gasteiger partial charge in [-0.1, -0.05) is 6.92 Å². The molecule has 174 valence electrons. The number of piperazine rings is 1. The zero-order valence-corrected chi connectivity index (χ0v) is 18.8. The van der Waals surface area contributed by atoms with E-state index in [0.717, 1.165) is 25.2 Å². The van der Waals surface area contributed by atoms with Crippen molar-refractivity contribution in [3.05, 3.63) is 35.3 Å². The van der Waals surface area contributed by atoms with Crippen molar-refractivity contribution in [2.75, 3.05) is 50.4 Å². The molecule has 2 aliphatic rings. The number of fused-ring (bicyclic) bond motifs is 1. The predicted molar refractivity (Wildman–Crippen MR) is 115 cm³/mol. The summed E-state index contributed by atoms with van der Waals surface area (Å²) >= 11 is 0. The Bertz CT molecular complexity index is 1160. The molecule has 2 saturated heterocycles. The molecule has 1 amide bonds. The van der Waals surface area contributed by atoms with Crippen molar-refractivity contribution in [1.82, 2.24) is 14.2 Å². The molecule has 2 fully saturated rings. The maximum absolute atomic E-state index is 14.5. The van der Waals surface area contributed by atoms with Gasteiger partial charge < -0.3 is 9.80 Å². The molecule has 0 spiro atoms. The quantitative estimate of drug-likeness (QED) is 0.645. The highest BCUT2D eigenvalue weighted by molar-refractivity contribution is 7.88. The number of nitrogens with zero attached hydrogens (tertiary/aromatic N) is 4. The molecule has 7 nitrogen and oxygen atoms in total. The van der Waals surface area contributed by atoms with E-state index in [1.807, 2.05) is 4.90 Å². The van der Waals surface area contributed by atoms with Crippen molar-refractivity contribution in [2.24, 2.45) is 5.92 Å². The second-order valence-electron chi connectivity index (χ2n) is 8.53. The van der Waals surface area contributed by atoms with Crippen molar-refractivity contribution < 1.29 is 26.4 Å². The second kappa shape index (κ2) is 8.51. The molecule has 3 heterocycles. The molecule has 2 aliphatic heterocycles. The minimum atomic E-state index is -3.36. The van der Waals surface area contributed by atoms with Crippen LogP contribution in [0.15, 0.2) is 12.3 Å². The van der Waals surface area contributed by atoms with Gasteiger partial charge in [0, 0.05) is 50.9 Å². The zero-order chi connectivity index (χ0) is 23.2. The number of benzene rings is 1. The highest BCUT2D eigenvalue weighted by Gasteiger charge is 2.31. The molecular formula is C21H25F3N4O3S. The molecule has 4 rings (SSSR count). The fourth-order valence-electron chi connectivity index (χ4n) is 4.35. The fraction of sp³-hybridized carbons (Fsp3) is 0.524. The second-order valence-corrected chi connectivity index (χ2v) is 10.5. The molecule has 2 aromatic rings. The first-order chi connectivity index (χ1) is 15.1. The third kappa shape index (κ3) is 4.15. The summed E-state index contributed by atoms with van der Waals surface area (Å²) in [6.45, 7) is 3.99. The number of anilines is 1. The van der Waals surface area contributed by atoms with E-state index in [-0.39, 0.29) is 42.6 Å². The summed E-state index contributed by atoms with van der Waals surface area (Å²) in [4.78, 5) is 20.8. The van der Waals surface area contributed by atoms with Crippen LogP contribution in [0.1, 0.15) is 30.1 Å². The SMILES string of the molecule is CC1CCN(c2c(C(=O)N3CCN(S(C)(=O)=O)CC3)cnc3c(F)c(F)c(F)cc23)CC1. The number of carbonyl (C=O) groups excluding carboxylic acids is 1. The number of pyridine rings is 1. The van der Waals surface area contributed by atoms with Gasteiger partial charge in [-0.2, -0.15) is 4.31 Å². The van der Waals surface area contributed by atoms with Crippen molar-refractivity contribution >= 4 is 32.5 Å². The lowest BCUT2D eigenvalue weighted by molar-refractivity contribution is 0.0698. The van der Waals surface area contributed by atoms with Gasteiger partial charge in [-0.15, -0.1) is 0 Å². The molecule has 11 heteroatoms. The number of amides is 1. The minimum absolute atomic E-state index is 0.0524. The maximum Gasteiger partial charge on any atom is 0.257 e. The molecule has 0 saturated carbocycles. The largest absolute Gasteiger partial charge is 0.370 e. The number of aromatic nitrogens is 1. The standard InChI is InChI=1S/C21H25F3N4O3S/c1-13-3-5-26(6-4-13)20-14-11-16(22)17(23)18(24)19(14)25-12-15(20)21(29)27-7-9-28(10-8-27)32(2,30)31/h11-13H,3-10H2,1-2H3. The molecule has 0 aliphatic carbocycles. The highest BCUT2D eigenvalue weighted by atomic mass is 32.2. The third-order valence-corrected chi connectivity index (χ3v) is 7.60. The van der Waals surface area contributed by atoms with Crippen LogP contribution in [0, 0.1) is 23.4 Å². The summed E-state index contributed by atoms with van der Waals surface area (Å²) in [7, 11) is -3.36. The third-order valence-electron chi connectivity index (χ3n) is 6.29. The molecular weight excluding hydrogens is 445 g/mol. The lowest BCUT2D eigenvalue weighted by Gasteiger charge is -2.36. The van der Waals surface area contributed by atoms with Crippen molar-refractivity contribution in [3.63, 3.8) is 0 Å². The zero-order valence-electron chi connectivity index (χ0n) is 17.9. The van der Waals surface area contributed by atoms with Gasteiger partial charge in [-0.05, 0) is 24.8 Å². The molecule has 32 heavy (non-hydrogen) atoms. The Labute approximate surface area is 184 Å². The van der Waals surface area contributed by atoms with E-state index >= 15 is 0 Å². The summed E-state index contributed by atoms with van der Waals surface area (Å²) < 4.78 is 67.3. The number of hydrogen-bond donors (Lipinski definition) is 0. The Balaban J connectivity index is 1.76. The summed E-state index contributed by atoms with van der Waals surface area (Å²) in [6.07, 6.45) is 4.02. The van der Waals surface area contributed by atoms with E-state index < -0.39 is 33.4 Å². The minimum Gasteiger partial charge on any atom is -0.370 e. The lowest BCUT2D eigenvalue weighted by Crippen LogP contribution is -2.50. The van der Waals surface area contributed by atoms with E-state index in [1.54, 1.807) is 0 Å².